The summed E-state index contributed by atoms with van der Waals surface area (Å²) < 4.78 is 14.2. The highest BCUT2D eigenvalue weighted by Gasteiger charge is 2.19. The molecule has 0 aliphatic rings. The molecule has 0 fully saturated rings. The van der Waals surface area contributed by atoms with Crippen molar-refractivity contribution in [3.63, 3.8) is 0 Å². The van der Waals surface area contributed by atoms with Gasteiger partial charge in [0.05, 0.1) is 43.2 Å². The first-order valence-electron chi connectivity index (χ1n) is 11.9. The van der Waals surface area contributed by atoms with E-state index in [0.717, 1.165) is 38.6 Å². The van der Waals surface area contributed by atoms with Crippen LogP contribution in [0.15, 0.2) is 95.2 Å². The van der Waals surface area contributed by atoms with Crippen LogP contribution in [-0.2, 0) is 6.54 Å². The van der Waals surface area contributed by atoms with Crippen molar-refractivity contribution in [2.75, 3.05) is 14.2 Å². The second-order valence-electron chi connectivity index (χ2n) is 8.53. The minimum Gasteiger partial charge on any atom is -0.497 e. The number of methoxy groups -OCH3 is 2. The van der Waals surface area contributed by atoms with E-state index in [4.69, 9.17) is 24.7 Å². The third-order valence-electron chi connectivity index (χ3n) is 6.23. The minimum atomic E-state index is -0.206. The normalized spacial score (nSPS) is 11.1. The van der Waals surface area contributed by atoms with E-state index in [1.54, 1.807) is 26.4 Å². The van der Waals surface area contributed by atoms with Crippen LogP contribution in [0, 0.1) is 0 Å². The zero-order valence-corrected chi connectivity index (χ0v) is 21.6. The maximum atomic E-state index is 12.8. The second kappa shape index (κ2) is 9.95. The molecule has 0 radical (unpaired) electrons. The van der Waals surface area contributed by atoms with Crippen molar-refractivity contribution in [1.82, 2.24) is 24.4 Å². The van der Waals surface area contributed by atoms with Crippen molar-refractivity contribution in [3.05, 3.63) is 106 Å². The zero-order valence-electron chi connectivity index (χ0n) is 20.7. The third-order valence-corrected chi connectivity index (χ3v) is 7.06. The Bertz CT molecular complexity index is 1810. The van der Waals surface area contributed by atoms with Gasteiger partial charge >= 0.3 is 0 Å². The van der Waals surface area contributed by atoms with E-state index in [1.807, 2.05) is 82.8 Å². The molecule has 0 spiro atoms. The van der Waals surface area contributed by atoms with Crippen LogP contribution >= 0.6 is 11.3 Å². The predicted molar refractivity (Wildman–Crippen MR) is 148 cm³/mol. The number of fused-ring (bicyclic) bond motifs is 1. The van der Waals surface area contributed by atoms with E-state index in [-0.39, 0.29) is 12.1 Å². The maximum absolute atomic E-state index is 12.8. The Balaban J connectivity index is 1.40. The molecule has 0 unspecified atom stereocenters. The molecule has 6 rings (SSSR count). The van der Waals surface area contributed by atoms with Crippen LogP contribution in [0.4, 0.5) is 0 Å². The van der Waals surface area contributed by atoms with Crippen LogP contribution in [0.3, 0.4) is 0 Å². The average molecular weight is 522 g/mol. The molecule has 0 bridgehead atoms. The lowest BCUT2D eigenvalue weighted by molar-refractivity contribution is 0.404. The molecule has 8 nitrogen and oxygen atoms in total. The van der Waals surface area contributed by atoms with Crippen molar-refractivity contribution in [2.24, 2.45) is 0 Å². The number of benzene rings is 2. The maximum Gasteiger partial charge on any atom is 0.267 e. The van der Waals surface area contributed by atoms with Crippen LogP contribution in [0.5, 0.6) is 11.5 Å². The summed E-state index contributed by atoms with van der Waals surface area (Å²) in [6, 6.07) is 24.8. The van der Waals surface area contributed by atoms with Crippen LogP contribution in [0.1, 0.15) is 5.01 Å². The first-order valence-corrected chi connectivity index (χ1v) is 12.8. The lowest BCUT2D eigenvalue weighted by atomic mass is 10.0. The lowest BCUT2D eigenvalue weighted by Crippen LogP contribution is -2.22. The molecule has 0 atom stereocenters. The monoisotopic (exact) mass is 521 g/mol. The Hall–Kier alpha value is -4.76. The van der Waals surface area contributed by atoms with Gasteiger partial charge in [-0.3, -0.25) is 4.79 Å². The van der Waals surface area contributed by atoms with Gasteiger partial charge in [-0.25, -0.2) is 14.2 Å². The van der Waals surface area contributed by atoms with Crippen LogP contribution in [0.2, 0.25) is 0 Å². The number of hydrogen-bond donors (Lipinski definition) is 0. The van der Waals surface area contributed by atoms with Gasteiger partial charge in [-0.1, -0.05) is 36.4 Å². The lowest BCUT2D eigenvalue weighted by Gasteiger charge is -2.08. The number of thiazole rings is 1. The fraction of sp³-hybridized carbons (Fsp3) is 0.103. The van der Waals surface area contributed by atoms with Gasteiger partial charge in [-0.2, -0.15) is 10.2 Å². The fourth-order valence-corrected chi connectivity index (χ4v) is 5.17. The largest absolute Gasteiger partial charge is 0.497 e. The van der Waals surface area contributed by atoms with Crippen molar-refractivity contribution < 1.29 is 9.47 Å². The molecule has 38 heavy (non-hydrogen) atoms. The summed E-state index contributed by atoms with van der Waals surface area (Å²) >= 11 is 1.46. The third kappa shape index (κ3) is 4.33. The molecular formula is C29H23N5O3S. The molecule has 4 aromatic heterocycles. The highest BCUT2D eigenvalue weighted by atomic mass is 32.1. The number of pyridine rings is 1. The average Bonchev–Trinajstić information content (AvgIpc) is 3.59. The van der Waals surface area contributed by atoms with Gasteiger partial charge in [0, 0.05) is 28.8 Å². The van der Waals surface area contributed by atoms with E-state index in [0.29, 0.717) is 17.2 Å². The minimum absolute atomic E-state index is 0.206. The molecule has 2 aromatic carbocycles. The smallest absolute Gasteiger partial charge is 0.267 e. The second-order valence-corrected chi connectivity index (χ2v) is 9.47. The van der Waals surface area contributed by atoms with Crippen LogP contribution < -0.4 is 15.0 Å². The van der Waals surface area contributed by atoms with Crippen molar-refractivity contribution in [1.29, 1.82) is 0 Å². The Morgan fingerprint density at radius 3 is 2.53 bits per heavy atom. The van der Waals surface area contributed by atoms with E-state index < -0.39 is 0 Å². The van der Waals surface area contributed by atoms with E-state index >= 15 is 0 Å². The summed E-state index contributed by atoms with van der Waals surface area (Å²) in [6.45, 7) is 0.240. The molecule has 6 aromatic rings. The molecule has 0 aliphatic heterocycles. The number of aromatic nitrogens is 5. The molecule has 0 N–H and O–H groups in total. The molecule has 0 amide bonds. The Morgan fingerprint density at radius 2 is 1.71 bits per heavy atom. The van der Waals surface area contributed by atoms with Gasteiger partial charge in [0.25, 0.3) is 5.56 Å². The SMILES string of the molecule is COc1ccc(OC)c(-c2csc(Cn3nc(-c4c(-c5ccccc5)nn5ccccc45)ccc3=O)n2)c1. The highest BCUT2D eigenvalue weighted by molar-refractivity contribution is 7.09. The molecule has 0 aliphatic carbocycles. The number of hydrogen-bond acceptors (Lipinski definition) is 7. The van der Waals surface area contributed by atoms with E-state index in [1.165, 1.54) is 16.0 Å². The summed E-state index contributed by atoms with van der Waals surface area (Å²) in [4.78, 5) is 17.6. The Kier molecular flexibility index (Phi) is 6.19. The Morgan fingerprint density at radius 1 is 0.868 bits per heavy atom. The summed E-state index contributed by atoms with van der Waals surface area (Å²) in [5, 5.41) is 12.3. The van der Waals surface area contributed by atoms with Crippen LogP contribution in [-0.4, -0.2) is 38.6 Å². The molecule has 0 saturated heterocycles. The van der Waals surface area contributed by atoms with Gasteiger partial charge in [-0.05, 0) is 36.4 Å². The Labute approximate surface area is 222 Å². The summed E-state index contributed by atoms with van der Waals surface area (Å²) in [7, 11) is 3.24. The summed E-state index contributed by atoms with van der Waals surface area (Å²) in [6.07, 6.45) is 1.91. The molecule has 0 saturated carbocycles. The highest BCUT2D eigenvalue weighted by Crippen LogP contribution is 2.35. The van der Waals surface area contributed by atoms with Gasteiger partial charge < -0.3 is 9.47 Å². The van der Waals surface area contributed by atoms with Crippen molar-refractivity contribution in [3.8, 4) is 45.3 Å². The van der Waals surface area contributed by atoms with E-state index in [2.05, 4.69) is 0 Å². The first kappa shape index (κ1) is 23.6. The van der Waals surface area contributed by atoms with Crippen molar-refractivity contribution in [2.45, 2.75) is 6.54 Å². The number of ether oxygens (including phenoxy) is 2. The fourth-order valence-electron chi connectivity index (χ4n) is 4.39. The van der Waals surface area contributed by atoms with Crippen LogP contribution in [0.25, 0.3) is 39.3 Å². The molecule has 4 heterocycles. The first-order chi connectivity index (χ1) is 18.6. The predicted octanol–water partition coefficient (Wildman–Crippen LogP) is 5.41. The topological polar surface area (TPSA) is 83.5 Å². The van der Waals surface area contributed by atoms with Gasteiger partial charge in [0.1, 0.15) is 22.2 Å². The molecule has 188 valence electrons. The van der Waals surface area contributed by atoms with Gasteiger partial charge in [0.15, 0.2) is 0 Å². The number of rotatable bonds is 7. The van der Waals surface area contributed by atoms with Gasteiger partial charge in [0.2, 0.25) is 0 Å². The molecule has 9 heteroatoms. The summed E-state index contributed by atoms with van der Waals surface area (Å²) in [5.41, 5.74) is 5.58. The zero-order chi connectivity index (χ0) is 26.1. The van der Waals surface area contributed by atoms with Crippen molar-refractivity contribution >= 4 is 16.9 Å². The molecular weight excluding hydrogens is 498 g/mol. The quantitative estimate of drug-likeness (QED) is 0.279. The standard InChI is InChI=1S/C29H23N5O3S/c1-36-20-11-13-25(37-2)21(16-20)23-18-38-26(30-23)17-34-27(35)14-12-22(31-34)28-24-10-6-7-15-33(24)32-29(28)19-8-4-3-5-9-19/h3-16,18H,17H2,1-2H3. The summed E-state index contributed by atoms with van der Waals surface area (Å²) in [5.74, 6) is 1.41. The number of nitrogens with zero attached hydrogens (tertiary/aromatic N) is 5. The van der Waals surface area contributed by atoms with Gasteiger partial charge in [-0.15, -0.1) is 11.3 Å². The van der Waals surface area contributed by atoms with E-state index in [9.17, 15) is 4.79 Å².